The lowest BCUT2D eigenvalue weighted by Crippen LogP contribution is -2.35. The molecule has 1 aliphatic heterocycles. The van der Waals surface area contributed by atoms with Gasteiger partial charge in [-0.1, -0.05) is 0 Å². The Bertz CT molecular complexity index is 200. The van der Waals surface area contributed by atoms with Crippen LogP contribution in [0.2, 0.25) is 0 Å². The number of nitrogens with one attached hydrogen (secondary N) is 1. The zero-order valence-electron chi connectivity index (χ0n) is 7.09. The monoisotopic (exact) mass is 155 g/mol. The lowest BCUT2D eigenvalue weighted by molar-refractivity contribution is -0.124. The predicted molar refractivity (Wildman–Crippen MR) is 42.3 cm³/mol. The molecule has 0 saturated carbocycles. The number of nitrogens with zero attached hydrogens (tertiary/aromatic N) is 2. The van der Waals surface area contributed by atoms with E-state index in [0.717, 1.165) is 0 Å². The van der Waals surface area contributed by atoms with Gasteiger partial charge in [0.2, 0.25) is 11.9 Å². The predicted octanol–water partition coefficient (Wildman–Crippen LogP) is 0.104. The molecule has 1 N–H and O–H groups in total. The Morgan fingerprint density at radius 2 is 2.09 bits per heavy atom. The molecule has 0 aromatic heterocycles. The average molecular weight is 155 g/mol. The molecule has 0 aromatic carbocycles. The van der Waals surface area contributed by atoms with Crippen molar-refractivity contribution in [1.82, 2.24) is 9.80 Å². The van der Waals surface area contributed by atoms with Gasteiger partial charge in [0, 0.05) is 13.1 Å². The summed E-state index contributed by atoms with van der Waals surface area (Å²) in [5, 5.41) is 7.50. The van der Waals surface area contributed by atoms with Crippen LogP contribution in [0.25, 0.3) is 0 Å². The lowest BCUT2D eigenvalue weighted by Gasteiger charge is -2.21. The van der Waals surface area contributed by atoms with Crippen LogP contribution in [0.1, 0.15) is 13.8 Å². The van der Waals surface area contributed by atoms with Crippen molar-refractivity contribution >= 4 is 11.9 Å². The molecule has 11 heavy (non-hydrogen) atoms. The first kappa shape index (κ1) is 8.04. The second-order valence-electron chi connectivity index (χ2n) is 3.00. The molecule has 0 aliphatic carbocycles. The van der Waals surface area contributed by atoms with E-state index >= 15 is 0 Å². The van der Waals surface area contributed by atoms with Gasteiger partial charge in [-0.05, 0) is 13.8 Å². The number of carbonyl (C=O) groups is 1. The van der Waals surface area contributed by atoms with Crippen molar-refractivity contribution in [3.8, 4) is 0 Å². The van der Waals surface area contributed by atoms with E-state index in [2.05, 4.69) is 0 Å². The molecule has 1 fully saturated rings. The summed E-state index contributed by atoms with van der Waals surface area (Å²) in [7, 11) is 1.63. The first-order chi connectivity index (χ1) is 5.04. The fourth-order valence-electron chi connectivity index (χ4n) is 1.06. The van der Waals surface area contributed by atoms with Gasteiger partial charge in [0.1, 0.15) is 6.54 Å². The van der Waals surface area contributed by atoms with Crippen molar-refractivity contribution in [2.45, 2.75) is 19.9 Å². The second-order valence-corrected chi connectivity index (χ2v) is 3.00. The SMILES string of the molecule is CC(C)N1CC(=O)N(C)C1=N. The first-order valence-corrected chi connectivity index (χ1v) is 3.65. The van der Waals surface area contributed by atoms with E-state index in [-0.39, 0.29) is 11.9 Å². The van der Waals surface area contributed by atoms with Gasteiger partial charge in [0.25, 0.3) is 0 Å². The van der Waals surface area contributed by atoms with E-state index in [1.807, 2.05) is 13.8 Å². The molecule has 4 heteroatoms. The van der Waals surface area contributed by atoms with Crippen LogP contribution in [0.5, 0.6) is 0 Å². The van der Waals surface area contributed by atoms with Gasteiger partial charge in [-0.3, -0.25) is 15.1 Å². The van der Waals surface area contributed by atoms with E-state index in [9.17, 15) is 4.79 Å². The fraction of sp³-hybridized carbons (Fsp3) is 0.714. The van der Waals surface area contributed by atoms with Crippen LogP contribution < -0.4 is 0 Å². The fourth-order valence-corrected chi connectivity index (χ4v) is 1.06. The van der Waals surface area contributed by atoms with Gasteiger partial charge in [-0.15, -0.1) is 0 Å². The van der Waals surface area contributed by atoms with Crippen LogP contribution in [0, 0.1) is 5.41 Å². The average Bonchev–Trinajstić information content (AvgIpc) is 2.17. The van der Waals surface area contributed by atoms with Crippen LogP contribution >= 0.6 is 0 Å². The molecule has 1 rings (SSSR count). The molecule has 0 unspecified atom stereocenters. The molecule has 0 radical (unpaired) electrons. The Morgan fingerprint density at radius 1 is 1.55 bits per heavy atom. The first-order valence-electron chi connectivity index (χ1n) is 3.65. The number of likely N-dealkylation sites (N-methyl/N-ethyl adjacent to an activating group) is 1. The van der Waals surface area contributed by atoms with Crippen molar-refractivity contribution in [3.63, 3.8) is 0 Å². The highest BCUT2D eigenvalue weighted by molar-refractivity contribution is 6.02. The molecule has 1 aliphatic rings. The Labute approximate surface area is 66.3 Å². The van der Waals surface area contributed by atoms with E-state index < -0.39 is 0 Å². The summed E-state index contributed by atoms with van der Waals surface area (Å²) < 4.78 is 0. The molecule has 4 nitrogen and oxygen atoms in total. The van der Waals surface area contributed by atoms with Gasteiger partial charge >= 0.3 is 0 Å². The zero-order chi connectivity index (χ0) is 8.59. The molecular formula is C7H13N3O. The molecule has 0 bridgehead atoms. The van der Waals surface area contributed by atoms with Gasteiger partial charge in [-0.25, -0.2) is 0 Å². The minimum absolute atomic E-state index is 0.00343. The number of hydrogen-bond donors (Lipinski definition) is 1. The molecule has 0 spiro atoms. The number of carbonyl (C=O) groups excluding carboxylic acids is 1. The van der Waals surface area contributed by atoms with Crippen molar-refractivity contribution in [2.75, 3.05) is 13.6 Å². The molecule has 0 aromatic rings. The Hall–Kier alpha value is -1.06. The molecular weight excluding hydrogens is 142 g/mol. The number of rotatable bonds is 1. The second kappa shape index (κ2) is 2.53. The highest BCUT2D eigenvalue weighted by Crippen LogP contribution is 2.09. The Kier molecular flexibility index (Phi) is 1.85. The summed E-state index contributed by atoms with van der Waals surface area (Å²) in [5.41, 5.74) is 0. The zero-order valence-corrected chi connectivity index (χ0v) is 7.09. The van der Waals surface area contributed by atoms with E-state index in [0.29, 0.717) is 12.5 Å². The van der Waals surface area contributed by atoms with Crippen molar-refractivity contribution in [1.29, 1.82) is 5.41 Å². The van der Waals surface area contributed by atoms with E-state index in [4.69, 9.17) is 5.41 Å². The van der Waals surface area contributed by atoms with Crippen LogP contribution in [-0.2, 0) is 4.79 Å². The molecule has 1 saturated heterocycles. The van der Waals surface area contributed by atoms with E-state index in [1.54, 1.807) is 11.9 Å². The molecule has 0 atom stereocenters. The summed E-state index contributed by atoms with van der Waals surface area (Å²) in [5.74, 6) is 0.314. The summed E-state index contributed by atoms with van der Waals surface area (Å²) >= 11 is 0. The molecule has 1 heterocycles. The van der Waals surface area contributed by atoms with Crippen molar-refractivity contribution < 1.29 is 4.79 Å². The lowest BCUT2D eigenvalue weighted by atomic mass is 10.3. The minimum Gasteiger partial charge on any atom is -0.331 e. The minimum atomic E-state index is 0.00343. The quantitative estimate of drug-likeness (QED) is 0.584. The smallest absolute Gasteiger partial charge is 0.248 e. The van der Waals surface area contributed by atoms with Crippen LogP contribution in [0.3, 0.4) is 0 Å². The van der Waals surface area contributed by atoms with Crippen LogP contribution in [-0.4, -0.2) is 41.3 Å². The summed E-state index contributed by atoms with van der Waals surface area (Å²) in [6, 6.07) is 0.233. The maximum atomic E-state index is 11.0. The maximum Gasteiger partial charge on any atom is 0.248 e. The Morgan fingerprint density at radius 3 is 2.27 bits per heavy atom. The molecule has 62 valence electrons. The largest absolute Gasteiger partial charge is 0.331 e. The number of guanidine groups is 1. The standard InChI is InChI=1S/C7H13N3O/c1-5(2)10-4-6(11)9(3)7(10)8/h5,8H,4H2,1-3H3. The van der Waals surface area contributed by atoms with Crippen LogP contribution in [0.4, 0.5) is 0 Å². The van der Waals surface area contributed by atoms with Gasteiger partial charge < -0.3 is 4.90 Å². The summed E-state index contributed by atoms with van der Waals surface area (Å²) in [4.78, 5) is 14.2. The highest BCUT2D eigenvalue weighted by Gasteiger charge is 2.30. The summed E-state index contributed by atoms with van der Waals surface area (Å²) in [6.07, 6.45) is 0. The van der Waals surface area contributed by atoms with Crippen molar-refractivity contribution in [3.05, 3.63) is 0 Å². The third-order valence-electron chi connectivity index (χ3n) is 1.89. The van der Waals surface area contributed by atoms with Gasteiger partial charge in [0.05, 0.1) is 0 Å². The Balaban J connectivity index is 2.75. The van der Waals surface area contributed by atoms with Gasteiger partial charge in [-0.2, -0.15) is 0 Å². The number of hydrogen-bond acceptors (Lipinski definition) is 2. The number of amides is 1. The third kappa shape index (κ3) is 1.20. The summed E-state index contributed by atoms with van der Waals surface area (Å²) in [6.45, 7) is 4.30. The molecule has 1 amide bonds. The normalized spacial score (nSPS) is 18.9. The van der Waals surface area contributed by atoms with Crippen molar-refractivity contribution in [2.24, 2.45) is 0 Å². The van der Waals surface area contributed by atoms with Crippen LogP contribution in [0.15, 0.2) is 0 Å². The maximum absolute atomic E-state index is 11.0. The van der Waals surface area contributed by atoms with E-state index in [1.165, 1.54) is 4.90 Å². The third-order valence-corrected chi connectivity index (χ3v) is 1.89. The topological polar surface area (TPSA) is 47.4 Å². The highest BCUT2D eigenvalue weighted by atomic mass is 16.2. The van der Waals surface area contributed by atoms with Gasteiger partial charge in [0.15, 0.2) is 0 Å².